The smallest absolute Gasteiger partial charge is 0.164 e. The zero-order valence-electron chi connectivity index (χ0n) is 29.9. The van der Waals surface area contributed by atoms with Crippen molar-refractivity contribution in [2.75, 3.05) is 0 Å². The van der Waals surface area contributed by atoms with Crippen molar-refractivity contribution in [3.63, 3.8) is 0 Å². The van der Waals surface area contributed by atoms with Gasteiger partial charge in [-0.2, -0.15) is 0 Å². The number of benzene rings is 9. The van der Waals surface area contributed by atoms with Crippen molar-refractivity contribution in [1.82, 2.24) is 15.0 Å². The van der Waals surface area contributed by atoms with Gasteiger partial charge in [-0.05, 0) is 79.8 Å². The first-order valence-electron chi connectivity index (χ1n) is 18.8. The van der Waals surface area contributed by atoms with Gasteiger partial charge in [0.2, 0.25) is 0 Å². The van der Waals surface area contributed by atoms with Gasteiger partial charge in [0, 0.05) is 47.6 Å². The molecule has 0 aliphatic rings. The van der Waals surface area contributed by atoms with Gasteiger partial charge < -0.3 is 4.42 Å². The lowest BCUT2D eigenvalue weighted by Gasteiger charge is -2.12. The van der Waals surface area contributed by atoms with Crippen LogP contribution < -0.4 is 0 Å². The highest BCUT2D eigenvalue weighted by Crippen LogP contribution is 2.43. The van der Waals surface area contributed by atoms with Gasteiger partial charge in [-0.25, -0.2) is 15.0 Å². The third-order valence-electron chi connectivity index (χ3n) is 11.1. The fraction of sp³-hybridized carbons (Fsp3) is 0. The summed E-state index contributed by atoms with van der Waals surface area (Å²) in [6.45, 7) is 0. The highest BCUT2D eigenvalue weighted by Gasteiger charge is 2.19. The standard InChI is InChI=1S/C51H29N3OS/c1-2-12-30(13-3-1)49-52-50(54-51(53-49)41-20-11-23-46-48(41)40-18-8-9-22-45(40)56-46)32-25-27-39-44(29-32)55-43-21-10-19-33(47(39)43)31-24-26-38-36-16-5-4-14-34(36)35-15-6-7-17-37(35)42(38)28-31/h1-29H. The molecule has 0 N–H and O–H groups in total. The molecule has 0 saturated heterocycles. The molecule has 0 spiro atoms. The molecule has 4 nitrogen and oxygen atoms in total. The van der Waals surface area contributed by atoms with Gasteiger partial charge in [0.15, 0.2) is 17.5 Å². The van der Waals surface area contributed by atoms with Crippen LogP contribution in [0.15, 0.2) is 180 Å². The molecule has 9 aromatic carbocycles. The third-order valence-corrected chi connectivity index (χ3v) is 12.3. The number of thiophene rings is 1. The summed E-state index contributed by atoms with van der Waals surface area (Å²) in [4.78, 5) is 15.3. The molecular weight excluding hydrogens is 703 g/mol. The van der Waals surface area contributed by atoms with E-state index in [2.05, 4.69) is 146 Å². The molecule has 56 heavy (non-hydrogen) atoms. The molecule has 0 radical (unpaired) electrons. The molecule has 0 aliphatic carbocycles. The van der Waals surface area contributed by atoms with Crippen molar-refractivity contribution < 1.29 is 4.42 Å². The van der Waals surface area contributed by atoms with Gasteiger partial charge in [0.05, 0.1) is 0 Å². The number of furan rings is 1. The maximum absolute atomic E-state index is 6.65. The van der Waals surface area contributed by atoms with E-state index in [1.54, 1.807) is 11.3 Å². The Morgan fingerprint density at radius 1 is 0.321 bits per heavy atom. The van der Waals surface area contributed by atoms with Crippen LogP contribution in [0.5, 0.6) is 0 Å². The summed E-state index contributed by atoms with van der Waals surface area (Å²) in [5, 5.41) is 12.1. The normalized spacial score (nSPS) is 11.9. The lowest BCUT2D eigenvalue weighted by Crippen LogP contribution is -2.00. The van der Waals surface area contributed by atoms with Crippen LogP contribution in [-0.4, -0.2) is 15.0 Å². The van der Waals surface area contributed by atoms with Gasteiger partial charge in [0.25, 0.3) is 0 Å². The predicted molar refractivity (Wildman–Crippen MR) is 234 cm³/mol. The van der Waals surface area contributed by atoms with Crippen LogP contribution in [0.3, 0.4) is 0 Å². The predicted octanol–water partition coefficient (Wildman–Crippen LogP) is 14.3. The monoisotopic (exact) mass is 731 g/mol. The Morgan fingerprint density at radius 3 is 1.68 bits per heavy atom. The van der Waals surface area contributed by atoms with Gasteiger partial charge in [-0.3, -0.25) is 0 Å². The van der Waals surface area contributed by atoms with E-state index in [1.165, 1.54) is 52.5 Å². The van der Waals surface area contributed by atoms with Gasteiger partial charge >= 0.3 is 0 Å². The van der Waals surface area contributed by atoms with E-state index in [0.29, 0.717) is 17.5 Å². The molecule has 0 fully saturated rings. The van der Waals surface area contributed by atoms with Crippen molar-refractivity contribution in [2.24, 2.45) is 0 Å². The fourth-order valence-corrected chi connectivity index (χ4v) is 9.72. The Morgan fingerprint density at radius 2 is 0.893 bits per heavy atom. The van der Waals surface area contributed by atoms with E-state index in [1.807, 2.05) is 30.3 Å². The molecule has 0 saturated carbocycles. The van der Waals surface area contributed by atoms with E-state index < -0.39 is 0 Å². The minimum absolute atomic E-state index is 0.599. The molecule has 0 bridgehead atoms. The van der Waals surface area contributed by atoms with E-state index in [4.69, 9.17) is 19.4 Å². The number of fused-ring (bicyclic) bond motifs is 12. The number of hydrogen-bond acceptors (Lipinski definition) is 5. The molecule has 3 heterocycles. The molecule has 260 valence electrons. The van der Waals surface area contributed by atoms with E-state index in [9.17, 15) is 0 Å². The summed E-state index contributed by atoms with van der Waals surface area (Å²) in [7, 11) is 0. The van der Waals surface area contributed by atoms with Gasteiger partial charge in [0.1, 0.15) is 11.2 Å². The molecule has 12 rings (SSSR count). The molecule has 0 unspecified atom stereocenters. The lowest BCUT2D eigenvalue weighted by atomic mass is 9.91. The second-order valence-electron chi connectivity index (χ2n) is 14.3. The first kappa shape index (κ1) is 31.2. The van der Waals surface area contributed by atoms with Crippen molar-refractivity contribution in [2.45, 2.75) is 0 Å². The Kier molecular flexibility index (Phi) is 6.76. The van der Waals surface area contributed by atoms with Gasteiger partial charge in [-0.15, -0.1) is 11.3 Å². The second-order valence-corrected chi connectivity index (χ2v) is 15.4. The van der Waals surface area contributed by atoms with E-state index in [0.717, 1.165) is 49.8 Å². The zero-order chi connectivity index (χ0) is 36.7. The average Bonchev–Trinajstić information content (AvgIpc) is 3.85. The van der Waals surface area contributed by atoms with Gasteiger partial charge in [-0.1, -0.05) is 140 Å². The quantitative estimate of drug-likeness (QED) is 0.169. The lowest BCUT2D eigenvalue weighted by molar-refractivity contribution is 0.669. The molecule has 12 aromatic rings. The fourth-order valence-electron chi connectivity index (χ4n) is 8.58. The van der Waals surface area contributed by atoms with Crippen LogP contribution in [-0.2, 0) is 0 Å². The summed E-state index contributed by atoms with van der Waals surface area (Å²) in [5.74, 6) is 1.87. The van der Waals surface area contributed by atoms with Crippen LogP contribution in [0.1, 0.15) is 0 Å². The van der Waals surface area contributed by atoms with Crippen LogP contribution in [0.2, 0.25) is 0 Å². The SMILES string of the molecule is c1ccc(-c2nc(-c3ccc4c(c3)oc3cccc(-c5ccc6c7ccccc7c7ccccc7c6c5)c34)nc(-c3cccc4sc5ccccc5c34)n2)cc1. The van der Waals surface area contributed by atoms with Crippen LogP contribution >= 0.6 is 11.3 Å². The Bertz CT molecular complexity index is 3510. The summed E-state index contributed by atoms with van der Waals surface area (Å²) < 4.78 is 9.10. The molecule has 0 atom stereocenters. The Balaban J connectivity index is 1.04. The Labute approximate surface area is 325 Å². The maximum atomic E-state index is 6.65. The Hall–Kier alpha value is -7.21. The van der Waals surface area contributed by atoms with Crippen molar-refractivity contribution in [3.05, 3.63) is 176 Å². The molecule has 0 aliphatic heterocycles. The van der Waals surface area contributed by atoms with Crippen molar-refractivity contribution >= 4 is 85.8 Å². The number of aromatic nitrogens is 3. The minimum atomic E-state index is 0.599. The van der Waals surface area contributed by atoms with Crippen molar-refractivity contribution in [3.8, 4) is 45.3 Å². The highest BCUT2D eigenvalue weighted by atomic mass is 32.1. The van der Waals surface area contributed by atoms with Crippen molar-refractivity contribution in [1.29, 1.82) is 0 Å². The van der Waals surface area contributed by atoms with Crippen LogP contribution in [0, 0.1) is 0 Å². The highest BCUT2D eigenvalue weighted by molar-refractivity contribution is 7.25. The van der Waals surface area contributed by atoms with E-state index in [-0.39, 0.29) is 0 Å². The summed E-state index contributed by atoms with van der Waals surface area (Å²) in [6.07, 6.45) is 0. The zero-order valence-corrected chi connectivity index (χ0v) is 30.7. The van der Waals surface area contributed by atoms with E-state index >= 15 is 0 Å². The minimum Gasteiger partial charge on any atom is -0.456 e. The summed E-state index contributed by atoms with van der Waals surface area (Å²) >= 11 is 1.79. The van der Waals surface area contributed by atoms with Crippen LogP contribution in [0.4, 0.5) is 0 Å². The summed E-state index contributed by atoms with van der Waals surface area (Å²) in [6, 6.07) is 62.1. The second kappa shape index (κ2) is 12.2. The molecule has 0 amide bonds. The van der Waals surface area contributed by atoms with Crippen LogP contribution in [0.25, 0.3) is 120 Å². The molecular formula is C51H29N3OS. The maximum Gasteiger partial charge on any atom is 0.164 e. The first-order chi connectivity index (χ1) is 27.7. The third kappa shape index (κ3) is 4.75. The topological polar surface area (TPSA) is 51.8 Å². The average molecular weight is 732 g/mol. The number of rotatable bonds is 4. The largest absolute Gasteiger partial charge is 0.456 e. The summed E-state index contributed by atoms with van der Waals surface area (Å²) in [5.41, 5.74) is 6.71. The molecule has 3 aromatic heterocycles. The number of hydrogen-bond donors (Lipinski definition) is 0. The first-order valence-corrected chi connectivity index (χ1v) is 19.6. The number of nitrogens with zero attached hydrogens (tertiary/aromatic N) is 3. The molecule has 5 heteroatoms.